The molecular formula is C8H12N4O2. The second kappa shape index (κ2) is 3.38. The van der Waals surface area contributed by atoms with Gasteiger partial charge in [-0.15, -0.1) is 0 Å². The Bertz CT molecular complexity index is 395. The van der Waals surface area contributed by atoms with E-state index in [9.17, 15) is 4.79 Å². The third-order valence-electron chi connectivity index (χ3n) is 2.22. The Balaban J connectivity index is 2.42. The molecular weight excluding hydrogens is 184 g/mol. The molecule has 1 fully saturated rings. The normalized spacial score (nSPS) is 21.4. The number of hydrogen-bond donors (Lipinski definition) is 1. The molecule has 1 atom stereocenters. The van der Waals surface area contributed by atoms with E-state index in [-0.39, 0.29) is 12.0 Å². The molecule has 0 bridgehead atoms. The van der Waals surface area contributed by atoms with Crippen LogP contribution in [0.3, 0.4) is 0 Å². The number of nitrogen functional groups attached to an aromatic ring is 1. The average molecular weight is 196 g/mol. The Kier molecular flexibility index (Phi) is 2.20. The van der Waals surface area contributed by atoms with Crippen LogP contribution < -0.4 is 11.4 Å². The SMILES string of the molecule is Cc1nn(C2CCCO2)c(=O)nc1N. The van der Waals surface area contributed by atoms with Crippen LogP contribution in [0.1, 0.15) is 24.8 Å². The van der Waals surface area contributed by atoms with Crippen molar-refractivity contribution in [1.29, 1.82) is 0 Å². The Morgan fingerprint density at radius 1 is 1.64 bits per heavy atom. The fraction of sp³-hybridized carbons (Fsp3) is 0.625. The van der Waals surface area contributed by atoms with Gasteiger partial charge in [0, 0.05) is 6.61 Å². The molecule has 1 aromatic rings. The highest BCUT2D eigenvalue weighted by Gasteiger charge is 2.20. The van der Waals surface area contributed by atoms with Crippen molar-refractivity contribution in [3.63, 3.8) is 0 Å². The molecule has 1 unspecified atom stereocenters. The monoisotopic (exact) mass is 196 g/mol. The molecule has 76 valence electrons. The van der Waals surface area contributed by atoms with Gasteiger partial charge in [0.15, 0.2) is 12.0 Å². The predicted molar refractivity (Wildman–Crippen MR) is 49.7 cm³/mol. The summed E-state index contributed by atoms with van der Waals surface area (Å²) in [4.78, 5) is 15.1. The lowest BCUT2D eigenvalue weighted by molar-refractivity contribution is 0.0411. The fourth-order valence-electron chi connectivity index (χ4n) is 1.43. The second-order valence-electron chi connectivity index (χ2n) is 3.28. The third-order valence-corrected chi connectivity index (χ3v) is 2.22. The molecule has 0 saturated carbocycles. The van der Waals surface area contributed by atoms with Gasteiger partial charge in [-0.25, -0.2) is 4.79 Å². The van der Waals surface area contributed by atoms with Gasteiger partial charge < -0.3 is 10.5 Å². The minimum atomic E-state index is -0.444. The van der Waals surface area contributed by atoms with E-state index in [0.29, 0.717) is 12.3 Å². The first-order valence-electron chi connectivity index (χ1n) is 4.53. The van der Waals surface area contributed by atoms with Crippen LogP contribution >= 0.6 is 0 Å². The van der Waals surface area contributed by atoms with E-state index >= 15 is 0 Å². The van der Waals surface area contributed by atoms with E-state index in [0.717, 1.165) is 12.8 Å². The number of aryl methyl sites for hydroxylation is 1. The van der Waals surface area contributed by atoms with Crippen molar-refractivity contribution < 1.29 is 4.74 Å². The smallest absolute Gasteiger partial charge is 0.368 e. The minimum Gasteiger partial charge on any atom is -0.382 e. The van der Waals surface area contributed by atoms with Crippen LogP contribution in [0.5, 0.6) is 0 Å². The van der Waals surface area contributed by atoms with E-state index < -0.39 is 5.69 Å². The minimum absolute atomic E-state index is 0.184. The van der Waals surface area contributed by atoms with Crippen molar-refractivity contribution in [3.8, 4) is 0 Å². The molecule has 0 aromatic carbocycles. The van der Waals surface area contributed by atoms with E-state index in [4.69, 9.17) is 10.5 Å². The molecule has 0 radical (unpaired) electrons. The number of ether oxygens (including phenoxy) is 1. The standard InChI is InChI=1S/C8H12N4O2/c1-5-7(9)10-8(13)12(11-5)6-3-2-4-14-6/h6H,2-4H2,1H3,(H2,9,10,13). The highest BCUT2D eigenvalue weighted by atomic mass is 16.5. The highest BCUT2D eigenvalue weighted by molar-refractivity contribution is 5.30. The van der Waals surface area contributed by atoms with Gasteiger partial charge in [0.2, 0.25) is 0 Å². The van der Waals surface area contributed by atoms with Crippen molar-refractivity contribution in [2.24, 2.45) is 0 Å². The summed E-state index contributed by atoms with van der Waals surface area (Å²) < 4.78 is 6.60. The zero-order valence-corrected chi connectivity index (χ0v) is 7.93. The summed E-state index contributed by atoms with van der Waals surface area (Å²) >= 11 is 0. The second-order valence-corrected chi connectivity index (χ2v) is 3.28. The molecule has 2 rings (SSSR count). The lowest BCUT2D eigenvalue weighted by Gasteiger charge is -2.11. The molecule has 6 heteroatoms. The molecule has 0 aliphatic carbocycles. The van der Waals surface area contributed by atoms with Crippen molar-refractivity contribution in [2.75, 3.05) is 12.3 Å². The van der Waals surface area contributed by atoms with E-state index in [2.05, 4.69) is 10.1 Å². The average Bonchev–Trinajstić information content (AvgIpc) is 2.64. The van der Waals surface area contributed by atoms with Crippen molar-refractivity contribution >= 4 is 5.82 Å². The van der Waals surface area contributed by atoms with E-state index in [1.54, 1.807) is 6.92 Å². The number of hydrogen-bond acceptors (Lipinski definition) is 5. The van der Waals surface area contributed by atoms with E-state index in [1.165, 1.54) is 4.68 Å². The topological polar surface area (TPSA) is 83.0 Å². The van der Waals surface area contributed by atoms with Gasteiger partial charge >= 0.3 is 5.69 Å². The maximum absolute atomic E-state index is 11.4. The first-order valence-corrected chi connectivity index (χ1v) is 4.53. The quantitative estimate of drug-likeness (QED) is 0.674. The van der Waals surface area contributed by atoms with Crippen LogP contribution in [0, 0.1) is 6.92 Å². The Morgan fingerprint density at radius 2 is 2.43 bits per heavy atom. The van der Waals surface area contributed by atoms with Gasteiger partial charge in [0.25, 0.3) is 0 Å². The number of anilines is 1. The highest BCUT2D eigenvalue weighted by Crippen LogP contribution is 2.20. The number of nitrogens with two attached hydrogens (primary N) is 1. The molecule has 1 aliphatic heterocycles. The van der Waals surface area contributed by atoms with Crippen LogP contribution in [0.2, 0.25) is 0 Å². The van der Waals surface area contributed by atoms with Gasteiger partial charge in [0.05, 0.1) is 0 Å². The molecule has 6 nitrogen and oxygen atoms in total. The number of rotatable bonds is 1. The summed E-state index contributed by atoms with van der Waals surface area (Å²) in [5.74, 6) is 0.184. The first kappa shape index (κ1) is 9.14. The van der Waals surface area contributed by atoms with Crippen LogP contribution in [0.15, 0.2) is 4.79 Å². The van der Waals surface area contributed by atoms with Gasteiger partial charge in [-0.1, -0.05) is 0 Å². The summed E-state index contributed by atoms with van der Waals surface area (Å²) in [5, 5.41) is 4.05. The van der Waals surface area contributed by atoms with Crippen molar-refractivity contribution in [3.05, 3.63) is 16.2 Å². The number of aromatic nitrogens is 3. The molecule has 14 heavy (non-hydrogen) atoms. The largest absolute Gasteiger partial charge is 0.382 e. The summed E-state index contributed by atoms with van der Waals surface area (Å²) in [6.07, 6.45) is 1.48. The Labute approximate surface area is 80.7 Å². The maximum atomic E-state index is 11.4. The zero-order valence-electron chi connectivity index (χ0n) is 7.93. The summed E-state index contributed by atoms with van der Waals surface area (Å²) in [7, 11) is 0. The fourth-order valence-corrected chi connectivity index (χ4v) is 1.43. The predicted octanol–water partition coefficient (Wildman–Crippen LogP) is -0.162. The van der Waals surface area contributed by atoms with Gasteiger partial charge in [-0.05, 0) is 19.8 Å². The van der Waals surface area contributed by atoms with Gasteiger partial charge in [-0.3, -0.25) is 0 Å². The summed E-state index contributed by atoms with van der Waals surface area (Å²) in [6.45, 7) is 2.38. The summed E-state index contributed by atoms with van der Waals surface area (Å²) in [5.41, 5.74) is 5.57. The summed E-state index contributed by atoms with van der Waals surface area (Å²) in [6, 6.07) is 0. The van der Waals surface area contributed by atoms with Crippen LogP contribution in [-0.4, -0.2) is 21.4 Å². The van der Waals surface area contributed by atoms with Crippen LogP contribution in [0.25, 0.3) is 0 Å². The maximum Gasteiger partial charge on any atom is 0.368 e. The van der Waals surface area contributed by atoms with Crippen molar-refractivity contribution in [2.45, 2.75) is 26.0 Å². The molecule has 2 heterocycles. The Morgan fingerprint density at radius 3 is 3.07 bits per heavy atom. The molecule has 1 aromatic heterocycles. The third kappa shape index (κ3) is 1.48. The van der Waals surface area contributed by atoms with Gasteiger partial charge in [0.1, 0.15) is 5.69 Å². The van der Waals surface area contributed by atoms with Crippen LogP contribution in [-0.2, 0) is 4.74 Å². The lowest BCUT2D eigenvalue weighted by atomic mass is 10.3. The molecule has 1 aliphatic rings. The lowest BCUT2D eigenvalue weighted by Crippen LogP contribution is -2.30. The van der Waals surface area contributed by atoms with E-state index in [1.807, 2.05) is 0 Å². The molecule has 0 amide bonds. The first-order chi connectivity index (χ1) is 6.68. The number of nitrogens with zero attached hydrogens (tertiary/aromatic N) is 3. The van der Waals surface area contributed by atoms with Crippen LogP contribution in [0.4, 0.5) is 5.82 Å². The molecule has 2 N–H and O–H groups in total. The van der Waals surface area contributed by atoms with Gasteiger partial charge in [-0.2, -0.15) is 14.8 Å². The molecule has 1 saturated heterocycles. The zero-order chi connectivity index (χ0) is 10.1. The molecule has 0 spiro atoms. The Hall–Kier alpha value is -1.43. The van der Waals surface area contributed by atoms with Crippen molar-refractivity contribution in [1.82, 2.24) is 14.8 Å².